The van der Waals surface area contributed by atoms with Gasteiger partial charge in [-0.2, -0.15) is 0 Å². The summed E-state index contributed by atoms with van der Waals surface area (Å²) in [7, 11) is 0. The molecular formula is C23H27FO2. The van der Waals surface area contributed by atoms with E-state index in [0.29, 0.717) is 17.5 Å². The van der Waals surface area contributed by atoms with E-state index in [2.05, 4.69) is 13.8 Å². The van der Waals surface area contributed by atoms with Gasteiger partial charge in [0.25, 0.3) is 0 Å². The molecule has 138 valence electrons. The minimum absolute atomic E-state index is 0.142. The van der Waals surface area contributed by atoms with Crippen molar-refractivity contribution in [3.8, 4) is 11.1 Å². The molecule has 2 aromatic carbocycles. The second-order valence-corrected chi connectivity index (χ2v) is 6.68. The second-order valence-electron chi connectivity index (χ2n) is 6.68. The predicted octanol–water partition coefficient (Wildman–Crippen LogP) is 7.07. The van der Waals surface area contributed by atoms with Crippen molar-refractivity contribution in [1.82, 2.24) is 0 Å². The van der Waals surface area contributed by atoms with Gasteiger partial charge in [-0.15, -0.1) is 0 Å². The number of halogens is 1. The first-order chi connectivity index (χ1) is 12.5. The first-order valence-corrected chi connectivity index (χ1v) is 9.32. The number of benzene rings is 2. The molecule has 1 unspecified atom stereocenters. The zero-order valence-corrected chi connectivity index (χ0v) is 15.8. The second kappa shape index (κ2) is 9.33. The highest BCUT2D eigenvalue weighted by molar-refractivity contribution is 5.92. The number of carboxylic acids is 1. The third kappa shape index (κ3) is 4.60. The molecule has 2 rings (SSSR count). The third-order valence-corrected chi connectivity index (χ3v) is 4.63. The Balaban J connectivity index is 2.48. The van der Waals surface area contributed by atoms with Gasteiger partial charge in [-0.1, -0.05) is 70.0 Å². The fraction of sp³-hybridized carbons (Fsp3) is 0.348. The molecule has 0 spiro atoms. The smallest absolute Gasteiger partial charge is 0.335 e. The van der Waals surface area contributed by atoms with Gasteiger partial charge in [0.2, 0.25) is 0 Å². The lowest BCUT2D eigenvalue weighted by atomic mass is 9.85. The van der Waals surface area contributed by atoms with Gasteiger partial charge in [-0.05, 0) is 47.6 Å². The van der Waals surface area contributed by atoms with Crippen molar-refractivity contribution in [1.29, 1.82) is 0 Å². The highest BCUT2D eigenvalue weighted by Crippen LogP contribution is 2.35. The van der Waals surface area contributed by atoms with Crippen LogP contribution in [0.4, 0.5) is 4.39 Å². The summed E-state index contributed by atoms with van der Waals surface area (Å²) in [4.78, 5) is 11.7. The number of unbranched alkanes of at least 4 members (excludes halogenated alkanes) is 1. The van der Waals surface area contributed by atoms with Crippen LogP contribution in [0.1, 0.15) is 73.9 Å². The van der Waals surface area contributed by atoms with E-state index in [0.717, 1.165) is 36.0 Å². The number of carbonyl (C=O) groups is 1. The van der Waals surface area contributed by atoms with Crippen molar-refractivity contribution in [2.75, 3.05) is 0 Å². The normalized spacial score (nSPS) is 12.8. The van der Waals surface area contributed by atoms with Crippen LogP contribution >= 0.6 is 0 Å². The molecule has 0 fully saturated rings. The monoisotopic (exact) mass is 354 g/mol. The molecule has 1 atom stereocenters. The molecule has 0 saturated carbocycles. The number of hydrogen-bond acceptors (Lipinski definition) is 1. The summed E-state index contributed by atoms with van der Waals surface area (Å²) in [6, 6.07) is 12.7. The van der Waals surface area contributed by atoms with Gasteiger partial charge >= 0.3 is 5.97 Å². The first-order valence-electron chi connectivity index (χ1n) is 9.32. The van der Waals surface area contributed by atoms with E-state index >= 15 is 0 Å². The van der Waals surface area contributed by atoms with Gasteiger partial charge in [0.05, 0.1) is 5.56 Å². The van der Waals surface area contributed by atoms with E-state index in [1.165, 1.54) is 0 Å². The maximum Gasteiger partial charge on any atom is 0.335 e. The average molecular weight is 354 g/mol. The lowest BCUT2D eigenvalue weighted by Crippen LogP contribution is -2.07. The molecule has 0 aliphatic heterocycles. The summed E-state index contributed by atoms with van der Waals surface area (Å²) in [5.74, 6) is -0.976. The fourth-order valence-electron chi connectivity index (χ4n) is 3.31. The zero-order valence-electron chi connectivity index (χ0n) is 15.8. The Morgan fingerprint density at radius 1 is 1.12 bits per heavy atom. The Kier molecular flexibility index (Phi) is 7.14. The summed E-state index contributed by atoms with van der Waals surface area (Å²) < 4.78 is 14.1. The van der Waals surface area contributed by atoms with E-state index < -0.39 is 5.97 Å². The molecule has 0 amide bonds. The number of hydrogen-bond donors (Lipinski definition) is 1. The van der Waals surface area contributed by atoms with Gasteiger partial charge in [0, 0.05) is 5.56 Å². The quantitative estimate of drug-likeness (QED) is 0.550. The van der Waals surface area contributed by atoms with Crippen molar-refractivity contribution < 1.29 is 14.3 Å². The standard InChI is InChI=1S/C23H27FO2/c1-4-6-11-21(24)18-14-12-17(13-15-18)19-9-7-10-20(23(25)26)22(19)16(3)8-5-2/h7,9-16H,4-6,8H2,1-3H3,(H,25,26)/b21-11+. The maximum atomic E-state index is 14.1. The predicted molar refractivity (Wildman–Crippen MR) is 106 cm³/mol. The van der Waals surface area contributed by atoms with E-state index in [1.54, 1.807) is 30.3 Å². The molecule has 0 heterocycles. The molecule has 26 heavy (non-hydrogen) atoms. The van der Waals surface area contributed by atoms with E-state index in [1.807, 2.05) is 25.1 Å². The Bertz CT molecular complexity index is 775. The van der Waals surface area contributed by atoms with Gasteiger partial charge in [0.1, 0.15) is 5.83 Å². The van der Waals surface area contributed by atoms with Crippen LogP contribution in [0.2, 0.25) is 0 Å². The Morgan fingerprint density at radius 3 is 2.38 bits per heavy atom. The number of aromatic carboxylic acids is 1. The molecule has 0 bridgehead atoms. The summed E-state index contributed by atoms with van der Waals surface area (Å²) in [5.41, 5.74) is 3.59. The molecule has 2 aromatic rings. The van der Waals surface area contributed by atoms with Crippen LogP contribution in [-0.4, -0.2) is 11.1 Å². The zero-order chi connectivity index (χ0) is 19.1. The molecule has 0 saturated heterocycles. The molecule has 1 N–H and O–H groups in total. The Labute approximate surface area is 155 Å². The minimum atomic E-state index is -0.907. The van der Waals surface area contributed by atoms with E-state index in [9.17, 15) is 14.3 Å². The number of carboxylic acid groups (broad SMARTS) is 1. The fourth-order valence-corrected chi connectivity index (χ4v) is 3.31. The van der Waals surface area contributed by atoms with Gasteiger partial charge in [0.15, 0.2) is 0 Å². The summed E-state index contributed by atoms with van der Waals surface area (Å²) in [6.07, 6.45) is 5.14. The number of allylic oxidation sites excluding steroid dienone is 1. The molecule has 0 aliphatic rings. The molecule has 3 heteroatoms. The molecule has 0 aliphatic carbocycles. The van der Waals surface area contributed by atoms with E-state index in [4.69, 9.17) is 0 Å². The average Bonchev–Trinajstić information content (AvgIpc) is 2.65. The van der Waals surface area contributed by atoms with Crippen molar-refractivity contribution in [3.05, 3.63) is 65.2 Å². The van der Waals surface area contributed by atoms with Crippen LogP contribution in [0.3, 0.4) is 0 Å². The van der Waals surface area contributed by atoms with Crippen LogP contribution in [0.5, 0.6) is 0 Å². The minimum Gasteiger partial charge on any atom is -0.478 e. The third-order valence-electron chi connectivity index (χ3n) is 4.63. The van der Waals surface area contributed by atoms with Crippen LogP contribution < -0.4 is 0 Å². The SMILES string of the molecule is CCC/C=C(/F)c1ccc(-c2cccc(C(=O)O)c2C(C)CCC)cc1. The van der Waals surface area contributed by atoms with Crippen molar-refractivity contribution in [2.24, 2.45) is 0 Å². The first kappa shape index (κ1) is 19.9. The van der Waals surface area contributed by atoms with Crippen molar-refractivity contribution in [2.45, 2.75) is 52.4 Å². The largest absolute Gasteiger partial charge is 0.478 e. The van der Waals surface area contributed by atoms with Crippen molar-refractivity contribution >= 4 is 11.8 Å². The van der Waals surface area contributed by atoms with Crippen molar-refractivity contribution in [3.63, 3.8) is 0 Å². The topological polar surface area (TPSA) is 37.3 Å². The summed E-state index contributed by atoms with van der Waals surface area (Å²) >= 11 is 0. The highest BCUT2D eigenvalue weighted by atomic mass is 19.1. The summed E-state index contributed by atoms with van der Waals surface area (Å²) in [6.45, 7) is 6.18. The highest BCUT2D eigenvalue weighted by Gasteiger charge is 2.19. The number of rotatable bonds is 8. The molecule has 0 radical (unpaired) electrons. The van der Waals surface area contributed by atoms with Crippen LogP contribution in [0, 0.1) is 0 Å². The van der Waals surface area contributed by atoms with Gasteiger partial charge < -0.3 is 5.11 Å². The lowest BCUT2D eigenvalue weighted by Gasteiger charge is -2.19. The van der Waals surface area contributed by atoms with Crippen LogP contribution in [0.15, 0.2) is 48.5 Å². The Hall–Kier alpha value is -2.42. The molecule has 0 aromatic heterocycles. The molecule has 2 nitrogen and oxygen atoms in total. The van der Waals surface area contributed by atoms with Crippen LogP contribution in [-0.2, 0) is 0 Å². The maximum absolute atomic E-state index is 14.1. The summed E-state index contributed by atoms with van der Waals surface area (Å²) in [5, 5.41) is 9.60. The van der Waals surface area contributed by atoms with Gasteiger partial charge in [-0.25, -0.2) is 9.18 Å². The van der Waals surface area contributed by atoms with E-state index in [-0.39, 0.29) is 11.7 Å². The molecular weight excluding hydrogens is 327 g/mol. The lowest BCUT2D eigenvalue weighted by molar-refractivity contribution is 0.0695. The van der Waals surface area contributed by atoms with Crippen LogP contribution in [0.25, 0.3) is 17.0 Å². The van der Waals surface area contributed by atoms with Gasteiger partial charge in [-0.3, -0.25) is 0 Å². The Morgan fingerprint density at radius 2 is 1.81 bits per heavy atom.